The number of hydrogen-bond donors (Lipinski definition) is 0. The van der Waals surface area contributed by atoms with Crippen LogP contribution in [0.3, 0.4) is 0 Å². The van der Waals surface area contributed by atoms with Crippen LogP contribution in [0.1, 0.15) is 30.9 Å². The first-order chi connectivity index (χ1) is 13.7. The van der Waals surface area contributed by atoms with Crippen LogP contribution in [-0.2, 0) is 9.53 Å². The Kier molecular flexibility index (Phi) is 5.59. The predicted molar refractivity (Wildman–Crippen MR) is 108 cm³/mol. The van der Waals surface area contributed by atoms with E-state index >= 15 is 0 Å². The Morgan fingerprint density at radius 3 is 3.07 bits per heavy atom. The second kappa shape index (κ2) is 8.29. The molecule has 1 aliphatic rings. The Bertz CT molecular complexity index is 987. The number of aromatic nitrogens is 3. The average Bonchev–Trinajstić information content (AvgIpc) is 3.15. The maximum atomic E-state index is 12.4. The molecule has 0 aromatic carbocycles. The Balaban J connectivity index is 1.58. The first-order valence-electron chi connectivity index (χ1n) is 9.52. The van der Waals surface area contributed by atoms with Gasteiger partial charge in [-0.15, -0.1) is 0 Å². The van der Waals surface area contributed by atoms with E-state index < -0.39 is 0 Å². The Hall–Kier alpha value is -2.44. The lowest BCUT2D eigenvalue weighted by Gasteiger charge is -2.32. The van der Waals surface area contributed by atoms with Gasteiger partial charge >= 0.3 is 0 Å². The van der Waals surface area contributed by atoms with Crippen LogP contribution in [0.2, 0.25) is 5.02 Å². The van der Waals surface area contributed by atoms with Crippen LogP contribution in [0.15, 0.2) is 42.7 Å². The summed E-state index contributed by atoms with van der Waals surface area (Å²) < 4.78 is 6.99. The lowest BCUT2D eigenvalue weighted by Crippen LogP contribution is -2.39. The second-order valence-electron chi connectivity index (χ2n) is 7.09. The van der Waals surface area contributed by atoms with Crippen molar-refractivity contribution in [1.29, 1.82) is 0 Å². The number of piperidine rings is 1. The summed E-state index contributed by atoms with van der Waals surface area (Å²) in [6.45, 7) is 1.98. The molecular formula is C21H23ClN4O2. The third kappa shape index (κ3) is 3.88. The molecule has 6 nitrogen and oxygen atoms in total. The highest BCUT2D eigenvalue weighted by Gasteiger charge is 2.25. The number of pyridine rings is 2. The molecule has 3 aromatic rings. The highest BCUT2D eigenvalue weighted by molar-refractivity contribution is 6.30. The number of imidazole rings is 1. The standard InChI is InChI=1S/C21H23ClN4O2/c1-28-11-9-21(27)25-10-3-4-15(13-25)17-5-2-6-18(24-17)19-12-23-20-8-7-16(22)14-26(19)20/h2,5-8,12,14-15H,3-4,9-11,13H2,1H3. The predicted octanol–water partition coefficient (Wildman–Crippen LogP) is 3.79. The fraction of sp³-hybridized carbons (Fsp3) is 0.381. The van der Waals surface area contributed by atoms with Crippen LogP contribution >= 0.6 is 11.6 Å². The lowest BCUT2D eigenvalue weighted by molar-refractivity contribution is -0.133. The Morgan fingerprint density at radius 1 is 1.32 bits per heavy atom. The number of rotatable bonds is 5. The van der Waals surface area contributed by atoms with Crippen molar-refractivity contribution in [2.24, 2.45) is 0 Å². The smallest absolute Gasteiger partial charge is 0.224 e. The summed E-state index contributed by atoms with van der Waals surface area (Å²) in [5, 5.41) is 0.653. The fourth-order valence-electron chi connectivity index (χ4n) is 3.76. The molecule has 1 fully saturated rings. The van der Waals surface area contributed by atoms with Gasteiger partial charge in [0.25, 0.3) is 0 Å². The van der Waals surface area contributed by atoms with Gasteiger partial charge in [0.15, 0.2) is 0 Å². The largest absolute Gasteiger partial charge is 0.384 e. The number of nitrogens with zero attached hydrogens (tertiary/aromatic N) is 4. The van der Waals surface area contributed by atoms with Crippen molar-refractivity contribution in [1.82, 2.24) is 19.3 Å². The molecule has 3 aromatic heterocycles. The normalized spacial score (nSPS) is 17.2. The van der Waals surface area contributed by atoms with E-state index in [2.05, 4.69) is 4.98 Å². The summed E-state index contributed by atoms with van der Waals surface area (Å²) in [6, 6.07) is 9.77. The highest BCUT2D eigenvalue weighted by atomic mass is 35.5. The minimum absolute atomic E-state index is 0.152. The number of carbonyl (C=O) groups excluding carboxylic acids is 1. The van der Waals surface area contributed by atoms with Crippen LogP contribution in [0.25, 0.3) is 17.0 Å². The first kappa shape index (κ1) is 18.9. The van der Waals surface area contributed by atoms with Crippen molar-refractivity contribution in [3.05, 3.63) is 53.4 Å². The van der Waals surface area contributed by atoms with E-state index in [-0.39, 0.29) is 11.8 Å². The molecule has 4 rings (SSSR count). The molecule has 7 heteroatoms. The van der Waals surface area contributed by atoms with Crippen molar-refractivity contribution < 1.29 is 9.53 Å². The Labute approximate surface area is 169 Å². The summed E-state index contributed by atoms with van der Waals surface area (Å²) in [7, 11) is 1.62. The highest BCUT2D eigenvalue weighted by Crippen LogP contribution is 2.28. The van der Waals surface area contributed by atoms with E-state index in [9.17, 15) is 4.79 Å². The van der Waals surface area contributed by atoms with Gasteiger partial charge in [-0.25, -0.2) is 4.98 Å². The maximum absolute atomic E-state index is 12.4. The molecule has 1 amide bonds. The molecule has 0 N–H and O–H groups in total. The van der Waals surface area contributed by atoms with Crippen LogP contribution in [0, 0.1) is 0 Å². The summed E-state index contributed by atoms with van der Waals surface area (Å²) in [6.07, 6.45) is 6.12. The molecule has 28 heavy (non-hydrogen) atoms. The number of ether oxygens (including phenoxy) is 1. The Morgan fingerprint density at radius 2 is 2.21 bits per heavy atom. The van der Waals surface area contributed by atoms with Gasteiger partial charge in [0.2, 0.25) is 5.91 Å². The van der Waals surface area contributed by atoms with E-state index in [1.165, 1.54) is 0 Å². The van der Waals surface area contributed by atoms with Crippen LogP contribution in [-0.4, -0.2) is 52.0 Å². The molecule has 0 bridgehead atoms. The molecule has 1 atom stereocenters. The number of carbonyl (C=O) groups is 1. The molecule has 1 aliphatic heterocycles. The number of hydrogen-bond acceptors (Lipinski definition) is 4. The van der Waals surface area contributed by atoms with E-state index in [4.69, 9.17) is 21.3 Å². The van der Waals surface area contributed by atoms with Crippen molar-refractivity contribution in [2.45, 2.75) is 25.2 Å². The maximum Gasteiger partial charge on any atom is 0.224 e. The minimum atomic E-state index is 0.152. The quantitative estimate of drug-likeness (QED) is 0.656. The third-order valence-electron chi connectivity index (χ3n) is 5.22. The summed E-state index contributed by atoms with van der Waals surface area (Å²) in [4.78, 5) is 23.7. The summed E-state index contributed by atoms with van der Waals surface area (Å²) in [5.41, 5.74) is 3.61. The zero-order chi connectivity index (χ0) is 19.5. The van der Waals surface area contributed by atoms with E-state index in [0.29, 0.717) is 24.6 Å². The number of fused-ring (bicyclic) bond motifs is 1. The van der Waals surface area contributed by atoms with Gasteiger partial charge in [0.1, 0.15) is 5.65 Å². The minimum Gasteiger partial charge on any atom is -0.384 e. The van der Waals surface area contributed by atoms with Gasteiger partial charge in [-0.3, -0.25) is 14.2 Å². The molecule has 1 unspecified atom stereocenters. The molecule has 4 heterocycles. The van der Waals surface area contributed by atoms with E-state index in [0.717, 1.165) is 42.1 Å². The summed E-state index contributed by atoms with van der Waals surface area (Å²) >= 11 is 6.15. The molecule has 0 aliphatic carbocycles. The second-order valence-corrected chi connectivity index (χ2v) is 7.52. The van der Waals surface area contributed by atoms with Gasteiger partial charge in [-0.1, -0.05) is 17.7 Å². The van der Waals surface area contributed by atoms with Gasteiger partial charge in [0, 0.05) is 38.0 Å². The van der Waals surface area contributed by atoms with Gasteiger partial charge in [-0.05, 0) is 37.1 Å². The average molecular weight is 399 g/mol. The van der Waals surface area contributed by atoms with Crippen molar-refractivity contribution in [3.63, 3.8) is 0 Å². The number of likely N-dealkylation sites (tertiary alicyclic amines) is 1. The van der Waals surface area contributed by atoms with E-state index in [1.807, 2.05) is 52.0 Å². The fourth-order valence-corrected chi connectivity index (χ4v) is 3.92. The lowest BCUT2D eigenvalue weighted by atomic mass is 9.94. The third-order valence-corrected chi connectivity index (χ3v) is 5.44. The molecule has 1 saturated heterocycles. The van der Waals surface area contributed by atoms with Crippen molar-refractivity contribution >= 4 is 23.2 Å². The van der Waals surface area contributed by atoms with Crippen LogP contribution in [0.5, 0.6) is 0 Å². The number of amides is 1. The van der Waals surface area contributed by atoms with Crippen LogP contribution < -0.4 is 0 Å². The zero-order valence-electron chi connectivity index (χ0n) is 15.8. The summed E-state index contributed by atoms with van der Waals surface area (Å²) in [5.74, 6) is 0.391. The zero-order valence-corrected chi connectivity index (χ0v) is 16.6. The van der Waals surface area contributed by atoms with Gasteiger partial charge in [-0.2, -0.15) is 0 Å². The van der Waals surface area contributed by atoms with Crippen molar-refractivity contribution in [3.8, 4) is 11.4 Å². The molecule has 0 spiro atoms. The topological polar surface area (TPSA) is 59.7 Å². The number of halogens is 1. The van der Waals surface area contributed by atoms with E-state index in [1.54, 1.807) is 7.11 Å². The molecule has 0 saturated carbocycles. The van der Waals surface area contributed by atoms with Crippen molar-refractivity contribution in [2.75, 3.05) is 26.8 Å². The van der Waals surface area contributed by atoms with Gasteiger partial charge in [0.05, 0.1) is 35.6 Å². The molecule has 0 radical (unpaired) electrons. The molecule has 146 valence electrons. The monoisotopic (exact) mass is 398 g/mol. The first-order valence-corrected chi connectivity index (χ1v) is 9.90. The number of methoxy groups -OCH3 is 1. The van der Waals surface area contributed by atoms with Crippen LogP contribution in [0.4, 0.5) is 0 Å². The SMILES string of the molecule is COCCC(=O)N1CCCC(c2cccc(-c3cnc4ccc(Cl)cn34)n2)C1. The van der Waals surface area contributed by atoms with Gasteiger partial charge < -0.3 is 9.64 Å². The molecular weight excluding hydrogens is 376 g/mol.